The molecule has 176 valence electrons. The topological polar surface area (TPSA) is 73.6 Å². The number of fused-ring (bicyclic) bond motifs is 5. The largest absolute Gasteiger partial charge is 0.472 e. The van der Waals surface area contributed by atoms with Crippen molar-refractivity contribution in [2.24, 2.45) is 33.5 Å². The number of furan rings is 1. The molecule has 1 aromatic rings. The van der Waals surface area contributed by atoms with Crippen molar-refractivity contribution in [2.75, 3.05) is 0 Å². The Morgan fingerprint density at radius 2 is 1.85 bits per heavy atom. The Labute approximate surface area is 195 Å². The SMILES string of the molecule is CC(=O)OC1CC2C(C)(C)C(=O)C=C[C@]2(C)C2CCC3(C)C(=CC(=O)C3c3ccoc3)[C@]12C. The lowest BCUT2D eigenvalue weighted by atomic mass is 9.38. The summed E-state index contributed by atoms with van der Waals surface area (Å²) in [5, 5.41) is 0. The van der Waals surface area contributed by atoms with E-state index in [-0.39, 0.29) is 46.1 Å². The smallest absolute Gasteiger partial charge is 0.302 e. The maximum atomic E-state index is 13.4. The van der Waals surface area contributed by atoms with E-state index in [4.69, 9.17) is 9.15 Å². The number of carbonyl (C=O) groups is 3. The van der Waals surface area contributed by atoms with Crippen LogP contribution in [0.3, 0.4) is 0 Å². The fourth-order valence-corrected chi connectivity index (χ4v) is 8.44. The molecule has 0 saturated heterocycles. The van der Waals surface area contributed by atoms with Crippen molar-refractivity contribution in [1.29, 1.82) is 0 Å². The highest BCUT2D eigenvalue weighted by atomic mass is 16.5. The molecule has 4 aliphatic carbocycles. The van der Waals surface area contributed by atoms with Gasteiger partial charge in [0.1, 0.15) is 6.10 Å². The minimum absolute atomic E-state index is 0.0525. The number of allylic oxidation sites excluding steroid dienone is 3. The van der Waals surface area contributed by atoms with Crippen molar-refractivity contribution < 1.29 is 23.5 Å². The zero-order valence-corrected chi connectivity index (χ0v) is 20.4. The van der Waals surface area contributed by atoms with Crippen LogP contribution in [0, 0.1) is 33.5 Å². The first-order valence-electron chi connectivity index (χ1n) is 12.1. The van der Waals surface area contributed by atoms with Crippen LogP contribution in [0.15, 0.2) is 46.8 Å². The second kappa shape index (κ2) is 6.80. The molecule has 4 aliphatic rings. The molecule has 5 nitrogen and oxygen atoms in total. The molecule has 5 heteroatoms. The Morgan fingerprint density at radius 3 is 2.48 bits per heavy atom. The number of esters is 1. The Kier molecular flexibility index (Phi) is 4.61. The molecule has 0 radical (unpaired) electrons. The van der Waals surface area contributed by atoms with Crippen molar-refractivity contribution in [1.82, 2.24) is 0 Å². The summed E-state index contributed by atoms with van der Waals surface area (Å²) in [4.78, 5) is 38.6. The van der Waals surface area contributed by atoms with Crippen LogP contribution in [0.1, 0.15) is 72.3 Å². The molecule has 0 aromatic carbocycles. The van der Waals surface area contributed by atoms with Crippen molar-refractivity contribution in [2.45, 2.75) is 72.8 Å². The van der Waals surface area contributed by atoms with Crippen molar-refractivity contribution in [3.8, 4) is 0 Å². The van der Waals surface area contributed by atoms with E-state index in [2.05, 4.69) is 26.8 Å². The molecule has 1 heterocycles. The van der Waals surface area contributed by atoms with Crippen molar-refractivity contribution in [3.05, 3.63) is 48.0 Å². The second-order valence-electron chi connectivity index (χ2n) is 11.9. The van der Waals surface area contributed by atoms with E-state index < -0.39 is 16.9 Å². The summed E-state index contributed by atoms with van der Waals surface area (Å²) >= 11 is 0. The minimum atomic E-state index is -0.539. The second-order valence-corrected chi connectivity index (χ2v) is 11.9. The number of hydrogen-bond acceptors (Lipinski definition) is 5. The first-order chi connectivity index (χ1) is 15.4. The number of ether oxygens (including phenoxy) is 1. The molecule has 1 aromatic heterocycles. The fraction of sp³-hybridized carbons (Fsp3) is 0.607. The molecule has 7 atom stereocenters. The summed E-state index contributed by atoms with van der Waals surface area (Å²) in [6, 6.07) is 1.89. The highest BCUT2D eigenvalue weighted by Crippen LogP contribution is 2.72. The summed E-state index contributed by atoms with van der Waals surface area (Å²) in [6.07, 6.45) is 11.0. The molecule has 0 aliphatic heterocycles. The lowest BCUT2D eigenvalue weighted by Crippen LogP contribution is -2.64. The Hall–Kier alpha value is -2.43. The van der Waals surface area contributed by atoms with Gasteiger partial charge in [0.25, 0.3) is 0 Å². The van der Waals surface area contributed by atoms with Crippen LogP contribution in [0.4, 0.5) is 0 Å². The molecule has 2 fully saturated rings. The van der Waals surface area contributed by atoms with Crippen LogP contribution >= 0.6 is 0 Å². The van der Waals surface area contributed by atoms with Gasteiger partial charge in [-0.15, -0.1) is 0 Å². The molecular weight excluding hydrogens is 416 g/mol. The fourth-order valence-electron chi connectivity index (χ4n) is 8.44. The van der Waals surface area contributed by atoms with Gasteiger partial charge in [-0.25, -0.2) is 0 Å². The summed E-state index contributed by atoms with van der Waals surface area (Å²) in [5.41, 5.74) is 0.363. The molecule has 2 saturated carbocycles. The quantitative estimate of drug-likeness (QED) is 0.563. The van der Waals surface area contributed by atoms with E-state index in [0.717, 1.165) is 24.0 Å². The zero-order chi connectivity index (χ0) is 24.0. The predicted molar refractivity (Wildman–Crippen MR) is 123 cm³/mol. The molecule has 0 N–H and O–H groups in total. The van der Waals surface area contributed by atoms with E-state index in [9.17, 15) is 14.4 Å². The van der Waals surface area contributed by atoms with Crippen LogP contribution in [-0.4, -0.2) is 23.6 Å². The predicted octanol–water partition coefficient (Wildman–Crippen LogP) is 5.42. The number of carbonyl (C=O) groups excluding carboxylic acids is 3. The van der Waals surface area contributed by atoms with E-state index in [0.29, 0.717) is 6.42 Å². The summed E-state index contributed by atoms with van der Waals surface area (Å²) < 4.78 is 11.4. The Balaban J connectivity index is 1.68. The molecule has 0 amide bonds. The first-order valence-corrected chi connectivity index (χ1v) is 12.1. The van der Waals surface area contributed by atoms with Crippen molar-refractivity contribution in [3.63, 3.8) is 0 Å². The van der Waals surface area contributed by atoms with Gasteiger partial charge in [-0.3, -0.25) is 14.4 Å². The van der Waals surface area contributed by atoms with Crippen LogP contribution in [0.5, 0.6) is 0 Å². The number of ketones is 2. The average Bonchev–Trinajstić information content (AvgIpc) is 3.32. The Bertz CT molecular complexity index is 1090. The van der Waals surface area contributed by atoms with Crippen LogP contribution in [0.25, 0.3) is 0 Å². The average molecular weight is 451 g/mol. The molecular formula is C28H34O5. The summed E-state index contributed by atoms with van der Waals surface area (Å²) in [6.45, 7) is 12.1. The van der Waals surface area contributed by atoms with Gasteiger partial charge in [0.15, 0.2) is 11.6 Å². The number of rotatable bonds is 2. The summed E-state index contributed by atoms with van der Waals surface area (Å²) in [5.74, 6) is -0.177. The van der Waals surface area contributed by atoms with Gasteiger partial charge in [0, 0.05) is 28.7 Å². The highest BCUT2D eigenvalue weighted by molar-refractivity contribution is 6.01. The number of hydrogen-bond donors (Lipinski definition) is 0. The molecule has 5 rings (SSSR count). The molecule has 0 bridgehead atoms. The van der Waals surface area contributed by atoms with Gasteiger partial charge < -0.3 is 9.15 Å². The van der Waals surface area contributed by atoms with Crippen molar-refractivity contribution >= 4 is 17.5 Å². The Morgan fingerprint density at radius 1 is 1.12 bits per heavy atom. The third-order valence-corrected chi connectivity index (χ3v) is 9.99. The summed E-state index contributed by atoms with van der Waals surface area (Å²) in [7, 11) is 0. The standard InChI is InChI=1S/C28H34O5/c1-16(29)33-23-14-20-25(2,3)22(31)8-11-26(20,4)19-7-10-27(5)21(28(19,23)6)13-18(30)24(27)17-9-12-32-15-17/h8-9,11-13,15,19-20,23-24H,7,10,14H2,1-6H3/t19?,20?,23?,24?,26-,27?,28-/m1/s1. The maximum absolute atomic E-state index is 13.4. The monoisotopic (exact) mass is 450 g/mol. The van der Waals surface area contributed by atoms with Crippen LogP contribution in [0.2, 0.25) is 0 Å². The third kappa shape index (κ3) is 2.74. The zero-order valence-electron chi connectivity index (χ0n) is 20.4. The van der Waals surface area contributed by atoms with Gasteiger partial charge in [-0.1, -0.05) is 40.7 Å². The molecule has 0 spiro atoms. The van der Waals surface area contributed by atoms with Gasteiger partial charge >= 0.3 is 5.97 Å². The van der Waals surface area contributed by atoms with Gasteiger partial charge in [-0.05, 0) is 60.3 Å². The highest BCUT2D eigenvalue weighted by Gasteiger charge is 2.69. The van der Waals surface area contributed by atoms with Gasteiger partial charge in [-0.2, -0.15) is 0 Å². The van der Waals surface area contributed by atoms with Gasteiger partial charge in [0.2, 0.25) is 0 Å². The molecule has 5 unspecified atom stereocenters. The minimum Gasteiger partial charge on any atom is -0.472 e. The van der Waals surface area contributed by atoms with E-state index >= 15 is 0 Å². The molecule has 33 heavy (non-hydrogen) atoms. The van der Waals surface area contributed by atoms with Crippen LogP contribution in [-0.2, 0) is 19.1 Å². The lowest BCUT2D eigenvalue weighted by molar-refractivity contribution is -0.187. The maximum Gasteiger partial charge on any atom is 0.302 e. The van der Waals surface area contributed by atoms with E-state index in [1.165, 1.54) is 6.92 Å². The third-order valence-electron chi connectivity index (χ3n) is 9.99. The lowest BCUT2D eigenvalue weighted by Gasteiger charge is -2.66. The normalized spacial score (nSPS) is 43.4. The van der Waals surface area contributed by atoms with Crippen LogP contribution < -0.4 is 0 Å². The van der Waals surface area contributed by atoms with E-state index in [1.807, 2.05) is 26.0 Å². The first kappa shape index (κ1) is 22.4. The van der Waals surface area contributed by atoms with Gasteiger partial charge in [0.05, 0.1) is 18.4 Å². The van der Waals surface area contributed by atoms with E-state index in [1.54, 1.807) is 18.6 Å².